The van der Waals surface area contributed by atoms with E-state index >= 15 is 0 Å². The van der Waals surface area contributed by atoms with E-state index in [-0.39, 0.29) is 22.5 Å². The topological polar surface area (TPSA) is 26.3 Å². The van der Waals surface area contributed by atoms with Crippen LogP contribution in [0.15, 0.2) is 0 Å². The van der Waals surface area contributed by atoms with E-state index in [0.29, 0.717) is 5.78 Å². The Bertz CT molecular complexity index is 320. The molecule has 1 aliphatic rings. The molecule has 1 fully saturated rings. The Balaban J connectivity index is 2.60. The number of carbonyl (C=O) groups excluding carboxylic acids is 1. The lowest BCUT2D eigenvalue weighted by Crippen LogP contribution is -2.55. The highest BCUT2D eigenvalue weighted by molar-refractivity contribution is 6.74. The van der Waals surface area contributed by atoms with Crippen molar-refractivity contribution < 1.29 is 9.22 Å². The van der Waals surface area contributed by atoms with E-state index in [1.54, 1.807) is 0 Å². The van der Waals surface area contributed by atoms with Gasteiger partial charge in [0.2, 0.25) is 0 Å². The van der Waals surface area contributed by atoms with Crippen molar-refractivity contribution in [1.82, 2.24) is 0 Å². The number of carbonyl (C=O) groups is 1. The third kappa shape index (κ3) is 3.24. The first-order chi connectivity index (χ1) is 7.88. The van der Waals surface area contributed by atoms with Gasteiger partial charge in [-0.25, -0.2) is 0 Å². The normalized spacial score (nSPS) is 29.3. The largest absolute Gasteiger partial charge is 0.412 e. The summed E-state index contributed by atoms with van der Waals surface area (Å²) in [6.45, 7) is 17.5. The molecule has 0 atom stereocenters. The van der Waals surface area contributed by atoms with E-state index in [0.717, 1.165) is 12.8 Å². The van der Waals surface area contributed by atoms with Gasteiger partial charge >= 0.3 is 0 Å². The summed E-state index contributed by atoms with van der Waals surface area (Å²) in [5, 5.41) is 0.239. The average Bonchev–Trinajstić information content (AvgIpc) is 2.09. The van der Waals surface area contributed by atoms with E-state index in [4.69, 9.17) is 4.43 Å². The van der Waals surface area contributed by atoms with Gasteiger partial charge in [0.15, 0.2) is 8.32 Å². The first-order valence-electron chi connectivity index (χ1n) is 7.12. The second-order valence-electron chi connectivity index (χ2n) is 7.97. The monoisotopic (exact) mass is 270 g/mol. The van der Waals surface area contributed by atoms with Crippen molar-refractivity contribution in [3.05, 3.63) is 0 Å². The Morgan fingerprint density at radius 1 is 1.28 bits per heavy atom. The lowest BCUT2D eigenvalue weighted by Gasteiger charge is -2.51. The fraction of sp³-hybridized carbons (Fsp3) is 0.933. The van der Waals surface area contributed by atoms with Gasteiger partial charge in [-0.2, -0.15) is 0 Å². The van der Waals surface area contributed by atoms with Crippen LogP contribution < -0.4 is 0 Å². The zero-order valence-electron chi connectivity index (χ0n) is 13.4. The van der Waals surface area contributed by atoms with Gasteiger partial charge in [0.05, 0.1) is 5.60 Å². The molecule has 1 saturated carbocycles. The third-order valence-electron chi connectivity index (χ3n) is 4.64. The van der Waals surface area contributed by atoms with Crippen molar-refractivity contribution >= 4 is 14.1 Å². The fourth-order valence-corrected chi connectivity index (χ4v) is 4.21. The maximum Gasteiger partial charge on any atom is 0.192 e. The van der Waals surface area contributed by atoms with Gasteiger partial charge in [0.25, 0.3) is 0 Å². The third-order valence-corrected chi connectivity index (χ3v) is 9.25. The molecule has 0 aromatic carbocycles. The van der Waals surface area contributed by atoms with Crippen LogP contribution in [0.5, 0.6) is 0 Å². The molecule has 0 unspecified atom stereocenters. The number of Topliss-reactive ketones (excluding diaryl/α,β-unsaturated/α-hetero) is 1. The predicted octanol–water partition coefficient (Wildman–Crippen LogP) is 4.40. The smallest absolute Gasteiger partial charge is 0.192 e. The molecule has 0 aromatic heterocycles. The van der Waals surface area contributed by atoms with Gasteiger partial charge in [0.1, 0.15) is 5.78 Å². The van der Waals surface area contributed by atoms with Crippen molar-refractivity contribution in [3.8, 4) is 0 Å². The molecule has 2 nitrogen and oxygen atoms in total. The Labute approximate surface area is 114 Å². The minimum Gasteiger partial charge on any atom is -0.412 e. The van der Waals surface area contributed by atoms with Crippen molar-refractivity contribution in [3.63, 3.8) is 0 Å². The number of rotatable bonds is 4. The Morgan fingerprint density at radius 2 is 1.72 bits per heavy atom. The van der Waals surface area contributed by atoms with Crippen LogP contribution >= 0.6 is 0 Å². The average molecular weight is 270 g/mol. The highest BCUT2D eigenvalue weighted by atomic mass is 28.4. The van der Waals surface area contributed by atoms with Crippen LogP contribution in [0.4, 0.5) is 0 Å². The van der Waals surface area contributed by atoms with Gasteiger partial charge in [-0.05, 0) is 37.9 Å². The summed E-state index contributed by atoms with van der Waals surface area (Å²) in [5.74, 6) is 0.804. The maximum atomic E-state index is 11.9. The lowest BCUT2D eigenvalue weighted by atomic mass is 9.68. The van der Waals surface area contributed by atoms with Gasteiger partial charge in [-0.15, -0.1) is 0 Å². The summed E-state index contributed by atoms with van der Waals surface area (Å²) in [6.07, 6.45) is 1.83. The summed E-state index contributed by atoms with van der Waals surface area (Å²) in [4.78, 5) is 11.9. The highest BCUT2D eigenvalue weighted by Crippen LogP contribution is 2.48. The van der Waals surface area contributed by atoms with Crippen LogP contribution in [-0.2, 0) is 9.22 Å². The Kier molecular flexibility index (Phi) is 4.20. The molecule has 0 heterocycles. The molecule has 1 aliphatic carbocycles. The summed E-state index contributed by atoms with van der Waals surface area (Å²) in [7, 11) is -1.71. The first-order valence-corrected chi connectivity index (χ1v) is 10.0. The van der Waals surface area contributed by atoms with Gasteiger partial charge in [-0.1, -0.05) is 34.6 Å². The molecule has 0 spiro atoms. The summed E-state index contributed by atoms with van der Waals surface area (Å²) >= 11 is 0. The quantitative estimate of drug-likeness (QED) is 0.708. The predicted molar refractivity (Wildman–Crippen MR) is 79.3 cm³/mol. The fourth-order valence-electron chi connectivity index (χ4n) is 2.51. The van der Waals surface area contributed by atoms with Gasteiger partial charge in [0, 0.05) is 11.8 Å². The van der Waals surface area contributed by atoms with Crippen molar-refractivity contribution in [2.75, 3.05) is 0 Å². The molecular formula is C15H30O2Si. The van der Waals surface area contributed by atoms with Crippen LogP contribution in [0, 0.1) is 11.8 Å². The molecule has 0 N–H and O–H groups in total. The molecule has 3 heteroatoms. The van der Waals surface area contributed by atoms with E-state index in [1.165, 1.54) is 0 Å². The molecule has 1 rings (SSSR count). The Morgan fingerprint density at radius 3 is 2.06 bits per heavy atom. The van der Waals surface area contributed by atoms with Gasteiger partial charge < -0.3 is 4.43 Å². The Hall–Kier alpha value is -0.153. The minimum atomic E-state index is -1.71. The first kappa shape index (κ1) is 15.9. The van der Waals surface area contributed by atoms with Crippen LogP contribution in [0.3, 0.4) is 0 Å². The maximum absolute atomic E-state index is 11.9. The molecule has 0 saturated heterocycles. The number of hydrogen-bond acceptors (Lipinski definition) is 2. The van der Waals surface area contributed by atoms with Crippen LogP contribution in [0.2, 0.25) is 18.1 Å². The van der Waals surface area contributed by atoms with Crippen LogP contribution in [0.25, 0.3) is 0 Å². The van der Waals surface area contributed by atoms with Crippen molar-refractivity contribution in [2.24, 2.45) is 11.8 Å². The molecular weight excluding hydrogens is 240 g/mol. The molecule has 0 aromatic rings. The summed E-state index contributed by atoms with van der Waals surface area (Å²) < 4.78 is 6.47. The number of hydrogen-bond donors (Lipinski definition) is 0. The van der Waals surface area contributed by atoms with Crippen LogP contribution in [-0.4, -0.2) is 19.7 Å². The number of ketones is 1. The molecule has 0 radical (unpaired) electrons. The van der Waals surface area contributed by atoms with E-state index in [2.05, 4.69) is 40.8 Å². The molecule has 0 aliphatic heterocycles. The zero-order chi connectivity index (χ0) is 14.4. The standard InChI is InChI=1S/C15H30O2Si/c1-11(2)13(16)12-9-15(6,10-12)17-18(7,8)14(3,4)5/h11-12H,9-10H2,1-8H3. The zero-order valence-corrected chi connectivity index (χ0v) is 14.4. The summed E-state index contributed by atoms with van der Waals surface area (Å²) in [5.41, 5.74) is -0.0573. The molecule has 18 heavy (non-hydrogen) atoms. The van der Waals surface area contributed by atoms with Crippen molar-refractivity contribution in [1.29, 1.82) is 0 Å². The molecule has 0 amide bonds. The van der Waals surface area contributed by atoms with E-state index in [9.17, 15) is 4.79 Å². The SMILES string of the molecule is CC(C)C(=O)C1CC(C)(O[Si](C)(C)C(C)(C)C)C1. The second-order valence-corrected chi connectivity index (χ2v) is 12.7. The lowest BCUT2D eigenvalue weighted by molar-refractivity contribution is -0.138. The molecule has 106 valence electrons. The van der Waals surface area contributed by atoms with Crippen LogP contribution in [0.1, 0.15) is 54.4 Å². The van der Waals surface area contributed by atoms with Crippen molar-refractivity contribution in [2.45, 2.75) is 78.1 Å². The van der Waals surface area contributed by atoms with Gasteiger partial charge in [-0.3, -0.25) is 4.79 Å². The van der Waals surface area contributed by atoms with E-state index in [1.807, 2.05) is 13.8 Å². The molecule has 0 bridgehead atoms. The second kappa shape index (κ2) is 4.75. The minimum absolute atomic E-state index is 0.0573. The highest BCUT2D eigenvalue weighted by Gasteiger charge is 2.50. The summed E-state index contributed by atoms with van der Waals surface area (Å²) in [6, 6.07) is 0. The van der Waals surface area contributed by atoms with E-state index < -0.39 is 8.32 Å².